The van der Waals surface area contributed by atoms with E-state index in [0.29, 0.717) is 11.3 Å². The van der Waals surface area contributed by atoms with Gasteiger partial charge in [0, 0.05) is 10.8 Å². The predicted octanol–water partition coefficient (Wildman–Crippen LogP) is 3.13. The molecule has 0 N–H and O–H groups in total. The highest BCUT2D eigenvalue weighted by Crippen LogP contribution is 2.27. The Hall–Kier alpha value is -0.830. The van der Waals surface area contributed by atoms with E-state index in [1.54, 1.807) is 6.92 Å². The minimum Gasteiger partial charge on any atom is -0.487 e. The van der Waals surface area contributed by atoms with Crippen molar-refractivity contribution < 1.29 is 9.53 Å². The highest BCUT2D eigenvalue weighted by molar-refractivity contribution is 7.08. The Balaban J connectivity index is 2.89. The van der Waals surface area contributed by atoms with E-state index in [4.69, 9.17) is 4.74 Å². The number of Topliss-reactive ketones (excluding diaryl/α,β-unsaturated/α-hetero) is 1. The van der Waals surface area contributed by atoms with Crippen LogP contribution in [0, 0.1) is 0 Å². The highest BCUT2D eigenvalue weighted by Gasteiger charge is 2.16. The van der Waals surface area contributed by atoms with Crippen molar-refractivity contribution in [2.45, 2.75) is 33.3 Å². The van der Waals surface area contributed by atoms with Crippen LogP contribution in [0.15, 0.2) is 10.8 Å². The van der Waals surface area contributed by atoms with Crippen LogP contribution in [0.3, 0.4) is 0 Å². The fraction of sp³-hybridized carbons (Fsp3) is 0.500. The van der Waals surface area contributed by atoms with Gasteiger partial charge in [0.05, 0.1) is 5.56 Å². The summed E-state index contributed by atoms with van der Waals surface area (Å²) in [7, 11) is 0. The largest absolute Gasteiger partial charge is 0.487 e. The van der Waals surface area contributed by atoms with Crippen LogP contribution in [0.2, 0.25) is 0 Å². The van der Waals surface area contributed by atoms with Crippen LogP contribution < -0.4 is 4.74 Å². The second kappa shape index (κ2) is 3.50. The molecule has 0 spiro atoms. The molecule has 0 unspecified atom stereocenters. The fourth-order valence-corrected chi connectivity index (χ4v) is 1.74. The molecular weight excluding hydrogens is 184 g/mol. The van der Waals surface area contributed by atoms with Crippen molar-refractivity contribution in [3.05, 3.63) is 16.3 Å². The Bertz CT molecular complexity index is 307. The Morgan fingerprint density at radius 2 is 2.00 bits per heavy atom. The Morgan fingerprint density at radius 1 is 1.38 bits per heavy atom. The first kappa shape index (κ1) is 10.3. The monoisotopic (exact) mass is 198 g/mol. The molecule has 0 bridgehead atoms. The summed E-state index contributed by atoms with van der Waals surface area (Å²) in [5.41, 5.74) is 0.436. The molecule has 0 fully saturated rings. The van der Waals surface area contributed by atoms with Crippen molar-refractivity contribution in [1.82, 2.24) is 0 Å². The van der Waals surface area contributed by atoms with Gasteiger partial charge in [-0.2, -0.15) is 0 Å². The average Bonchev–Trinajstić information content (AvgIpc) is 2.31. The van der Waals surface area contributed by atoms with Crippen molar-refractivity contribution in [1.29, 1.82) is 0 Å². The zero-order valence-corrected chi connectivity index (χ0v) is 9.20. The van der Waals surface area contributed by atoms with Gasteiger partial charge < -0.3 is 4.74 Å². The number of carbonyl (C=O) groups is 1. The summed E-state index contributed by atoms with van der Waals surface area (Å²) in [5, 5.41) is 3.69. The summed E-state index contributed by atoms with van der Waals surface area (Å²) in [4.78, 5) is 11.1. The van der Waals surface area contributed by atoms with E-state index >= 15 is 0 Å². The van der Waals surface area contributed by atoms with Crippen LogP contribution in [0.4, 0.5) is 0 Å². The van der Waals surface area contributed by atoms with Crippen molar-refractivity contribution in [3.8, 4) is 5.75 Å². The molecule has 3 heteroatoms. The predicted molar refractivity (Wildman–Crippen MR) is 54.7 cm³/mol. The number of hydrogen-bond donors (Lipinski definition) is 0. The summed E-state index contributed by atoms with van der Waals surface area (Å²) in [6.45, 7) is 7.45. The molecule has 13 heavy (non-hydrogen) atoms. The standard InChI is InChI=1S/C10H14O2S/c1-7(11)8-5-13-6-9(8)12-10(2,3)4/h5-6H,1-4H3. The van der Waals surface area contributed by atoms with Crippen LogP contribution in [-0.4, -0.2) is 11.4 Å². The van der Waals surface area contributed by atoms with Gasteiger partial charge >= 0.3 is 0 Å². The van der Waals surface area contributed by atoms with Gasteiger partial charge in [0.15, 0.2) is 5.78 Å². The van der Waals surface area contributed by atoms with E-state index in [2.05, 4.69) is 0 Å². The molecule has 72 valence electrons. The van der Waals surface area contributed by atoms with Crippen molar-refractivity contribution in [2.24, 2.45) is 0 Å². The van der Waals surface area contributed by atoms with Crippen LogP contribution in [0.5, 0.6) is 5.75 Å². The van der Waals surface area contributed by atoms with Gasteiger partial charge in [0.1, 0.15) is 11.4 Å². The van der Waals surface area contributed by atoms with E-state index in [9.17, 15) is 4.79 Å². The molecule has 0 aliphatic heterocycles. The third-order valence-corrected chi connectivity index (χ3v) is 2.14. The summed E-state index contributed by atoms with van der Waals surface area (Å²) >= 11 is 1.49. The van der Waals surface area contributed by atoms with Crippen molar-refractivity contribution >= 4 is 17.1 Å². The van der Waals surface area contributed by atoms with Crippen LogP contribution >= 0.6 is 11.3 Å². The summed E-state index contributed by atoms with van der Waals surface area (Å²) in [6.07, 6.45) is 0. The van der Waals surface area contributed by atoms with E-state index in [1.807, 2.05) is 31.5 Å². The van der Waals surface area contributed by atoms with Gasteiger partial charge in [-0.05, 0) is 27.7 Å². The first-order chi connectivity index (χ1) is 5.90. The topological polar surface area (TPSA) is 26.3 Å². The fourth-order valence-electron chi connectivity index (χ4n) is 0.951. The summed E-state index contributed by atoms with van der Waals surface area (Å²) in [5.74, 6) is 0.755. The molecule has 1 heterocycles. The van der Waals surface area contributed by atoms with Gasteiger partial charge in [0.2, 0.25) is 0 Å². The number of rotatable bonds is 2. The lowest BCUT2D eigenvalue weighted by Gasteiger charge is -2.20. The molecule has 1 rings (SSSR count). The molecule has 0 aliphatic carbocycles. The van der Waals surface area contributed by atoms with Gasteiger partial charge in [-0.15, -0.1) is 11.3 Å². The molecular formula is C10H14O2S. The van der Waals surface area contributed by atoms with Crippen molar-refractivity contribution in [2.75, 3.05) is 0 Å². The quantitative estimate of drug-likeness (QED) is 0.682. The molecule has 0 amide bonds. The molecule has 1 aromatic heterocycles. The zero-order chi connectivity index (χ0) is 10.1. The third kappa shape index (κ3) is 2.84. The molecule has 2 nitrogen and oxygen atoms in total. The van der Waals surface area contributed by atoms with E-state index in [-0.39, 0.29) is 11.4 Å². The minimum atomic E-state index is -0.245. The maximum atomic E-state index is 11.1. The number of carbonyl (C=O) groups excluding carboxylic acids is 1. The number of thiophene rings is 1. The summed E-state index contributed by atoms with van der Waals surface area (Å²) < 4.78 is 5.62. The molecule has 0 radical (unpaired) electrons. The first-order valence-corrected chi connectivity index (χ1v) is 5.10. The molecule has 1 aromatic rings. The normalized spacial score (nSPS) is 11.4. The smallest absolute Gasteiger partial charge is 0.164 e. The van der Waals surface area contributed by atoms with Crippen molar-refractivity contribution in [3.63, 3.8) is 0 Å². The van der Waals surface area contributed by atoms with E-state index < -0.39 is 0 Å². The molecule has 0 aromatic carbocycles. The number of ketones is 1. The Kier molecular flexibility index (Phi) is 2.76. The van der Waals surface area contributed by atoms with Gasteiger partial charge in [0.25, 0.3) is 0 Å². The minimum absolute atomic E-state index is 0.0560. The highest BCUT2D eigenvalue weighted by atomic mass is 32.1. The maximum Gasteiger partial charge on any atom is 0.164 e. The Labute approximate surface area is 82.5 Å². The maximum absolute atomic E-state index is 11.1. The van der Waals surface area contributed by atoms with E-state index in [1.165, 1.54) is 11.3 Å². The first-order valence-electron chi connectivity index (χ1n) is 4.16. The van der Waals surface area contributed by atoms with Gasteiger partial charge in [-0.25, -0.2) is 0 Å². The molecule has 0 saturated heterocycles. The van der Waals surface area contributed by atoms with Crippen LogP contribution in [0.25, 0.3) is 0 Å². The number of hydrogen-bond acceptors (Lipinski definition) is 3. The third-order valence-electron chi connectivity index (χ3n) is 1.42. The second-order valence-electron chi connectivity index (χ2n) is 3.92. The van der Waals surface area contributed by atoms with Gasteiger partial charge in [-0.1, -0.05) is 0 Å². The molecule has 0 atom stereocenters. The number of ether oxygens (including phenoxy) is 1. The lowest BCUT2D eigenvalue weighted by molar-refractivity contribution is 0.0992. The van der Waals surface area contributed by atoms with E-state index in [0.717, 1.165) is 0 Å². The molecule has 0 saturated carbocycles. The Morgan fingerprint density at radius 3 is 2.46 bits per heavy atom. The second-order valence-corrected chi connectivity index (χ2v) is 4.66. The molecule has 0 aliphatic rings. The SMILES string of the molecule is CC(=O)c1cscc1OC(C)(C)C. The van der Waals surface area contributed by atoms with Crippen LogP contribution in [-0.2, 0) is 0 Å². The lowest BCUT2D eigenvalue weighted by Crippen LogP contribution is -2.23. The average molecular weight is 198 g/mol. The van der Waals surface area contributed by atoms with Crippen LogP contribution in [0.1, 0.15) is 38.1 Å². The zero-order valence-electron chi connectivity index (χ0n) is 8.38. The summed E-state index contributed by atoms with van der Waals surface area (Å²) in [6, 6.07) is 0. The lowest BCUT2D eigenvalue weighted by atomic mass is 10.2. The van der Waals surface area contributed by atoms with Gasteiger partial charge in [-0.3, -0.25) is 4.79 Å².